The summed E-state index contributed by atoms with van der Waals surface area (Å²) in [7, 11) is -4.38. The van der Waals surface area contributed by atoms with Gasteiger partial charge in [-0.25, -0.2) is 13.2 Å². The molecule has 10 heteroatoms. The first kappa shape index (κ1) is 18.4. The van der Waals surface area contributed by atoms with Crippen LogP contribution in [0.3, 0.4) is 0 Å². The second-order valence-corrected chi connectivity index (χ2v) is 7.88. The number of imide groups is 1. The van der Waals surface area contributed by atoms with Crippen LogP contribution in [-0.4, -0.2) is 36.4 Å². The molecule has 3 rings (SSSR count). The number of amides is 3. The van der Waals surface area contributed by atoms with E-state index in [0.29, 0.717) is 5.02 Å². The van der Waals surface area contributed by atoms with Crippen molar-refractivity contribution in [3.63, 3.8) is 0 Å². The number of rotatable bonds is 4. The second-order valence-electron chi connectivity index (χ2n) is 5.31. The Kier molecular flexibility index (Phi) is 4.74. The lowest BCUT2D eigenvalue weighted by molar-refractivity contribution is -0.121. The Morgan fingerprint density at radius 3 is 2.31 bits per heavy atom. The number of anilines is 1. The maximum Gasteiger partial charge on any atom is 0.346 e. The fourth-order valence-corrected chi connectivity index (χ4v) is 3.99. The molecule has 1 aliphatic heterocycles. The summed E-state index contributed by atoms with van der Waals surface area (Å²) >= 11 is 11.1. The third kappa shape index (κ3) is 3.18. The predicted molar refractivity (Wildman–Crippen MR) is 94.9 cm³/mol. The topological polar surface area (TPSA) is 91.8 Å². The van der Waals surface area contributed by atoms with Gasteiger partial charge in [-0.3, -0.25) is 14.5 Å². The zero-order valence-corrected chi connectivity index (χ0v) is 15.3. The van der Waals surface area contributed by atoms with Gasteiger partial charge in [0.05, 0.1) is 4.90 Å². The molecule has 1 fully saturated rings. The highest BCUT2D eigenvalue weighted by Gasteiger charge is 2.45. The maximum atomic E-state index is 12.7. The van der Waals surface area contributed by atoms with E-state index in [-0.39, 0.29) is 20.5 Å². The molecule has 0 aromatic heterocycles. The van der Waals surface area contributed by atoms with E-state index in [0.717, 1.165) is 4.90 Å². The average Bonchev–Trinajstić information content (AvgIpc) is 2.90. The van der Waals surface area contributed by atoms with Gasteiger partial charge in [-0.05, 0) is 54.1 Å². The van der Waals surface area contributed by atoms with Crippen molar-refractivity contribution in [1.29, 1.82) is 0 Å². The van der Waals surface area contributed by atoms with E-state index >= 15 is 0 Å². The van der Waals surface area contributed by atoms with Crippen LogP contribution in [0, 0.1) is 0 Å². The highest BCUT2D eigenvalue weighted by atomic mass is 35.5. The molecule has 1 saturated heterocycles. The van der Waals surface area contributed by atoms with E-state index in [4.69, 9.17) is 23.2 Å². The monoisotopic (exact) mass is 412 g/mol. The molecule has 0 spiro atoms. The number of carbonyl (C=O) groups excluding carboxylic acids is 3. The van der Waals surface area contributed by atoms with Crippen molar-refractivity contribution in [3.8, 4) is 0 Å². The second kappa shape index (κ2) is 6.71. The fourth-order valence-electron chi connectivity index (χ4n) is 2.43. The van der Waals surface area contributed by atoms with Gasteiger partial charge in [0, 0.05) is 16.3 Å². The molecule has 134 valence electrons. The lowest BCUT2D eigenvalue weighted by Crippen LogP contribution is -2.38. The molecule has 0 atom stereocenters. The van der Waals surface area contributed by atoms with Crippen molar-refractivity contribution in [2.24, 2.45) is 0 Å². The molecule has 0 bridgehead atoms. The lowest BCUT2D eigenvalue weighted by atomic mass is 10.2. The molecule has 0 aliphatic carbocycles. The van der Waals surface area contributed by atoms with Crippen molar-refractivity contribution >= 4 is 56.1 Å². The summed E-state index contributed by atoms with van der Waals surface area (Å²) < 4.78 is 25.5. The SMILES string of the molecule is O=C(Cl)c1cccc(N2CC(=O)N(S(=O)(=O)c3ccc(Cl)cc3)C2=O)c1. The summed E-state index contributed by atoms with van der Waals surface area (Å²) in [5.41, 5.74) is 0.298. The predicted octanol–water partition coefficient (Wildman–Crippen LogP) is 2.88. The van der Waals surface area contributed by atoms with Gasteiger partial charge in [-0.2, -0.15) is 0 Å². The number of halogens is 2. The zero-order chi connectivity index (χ0) is 19.1. The van der Waals surface area contributed by atoms with Gasteiger partial charge in [-0.15, -0.1) is 4.31 Å². The quantitative estimate of drug-likeness (QED) is 0.568. The number of hydrogen-bond acceptors (Lipinski definition) is 5. The Morgan fingerprint density at radius 1 is 1.04 bits per heavy atom. The van der Waals surface area contributed by atoms with Crippen LogP contribution in [0.1, 0.15) is 10.4 Å². The van der Waals surface area contributed by atoms with Crippen LogP contribution in [0.25, 0.3) is 0 Å². The van der Waals surface area contributed by atoms with Crippen molar-refractivity contribution in [1.82, 2.24) is 4.31 Å². The third-order valence-corrected chi connectivity index (χ3v) is 5.84. The Labute approximate surface area is 158 Å². The van der Waals surface area contributed by atoms with Crippen LogP contribution in [0.2, 0.25) is 5.02 Å². The maximum absolute atomic E-state index is 12.7. The molecule has 0 unspecified atom stereocenters. The summed E-state index contributed by atoms with van der Waals surface area (Å²) in [6, 6.07) is 9.72. The molecule has 26 heavy (non-hydrogen) atoms. The number of hydrogen-bond donors (Lipinski definition) is 0. The third-order valence-electron chi connectivity index (χ3n) is 3.66. The summed E-state index contributed by atoms with van der Waals surface area (Å²) in [5, 5.41) is -0.428. The zero-order valence-electron chi connectivity index (χ0n) is 12.9. The number of urea groups is 1. The summed E-state index contributed by atoms with van der Waals surface area (Å²) in [4.78, 5) is 36.8. The van der Waals surface area contributed by atoms with Gasteiger partial charge in [0.2, 0.25) is 0 Å². The van der Waals surface area contributed by atoms with Gasteiger partial charge in [0.1, 0.15) is 6.54 Å². The summed E-state index contributed by atoms with van der Waals surface area (Å²) in [6.45, 7) is -0.481. The molecular formula is C16H10Cl2N2O5S. The smallest absolute Gasteiger partial charge is 0.284 e. The van der Waals surface area contributed by atoms with Crippen molar-refractivity contribution in [2.75, 3.05) is 11.4 Å². The molecule has 1 heterocycles. The van der Waals surface area contributed by atoms with Gasteiger partial charge < -0.3 is 0 Å². The molecule has 2 aromatic carbocycles. The molecule has 3 amide bonds. The number of nitrogens with zero attached hydrogens (tertiary/aromatic N) is 2. The van der Waals surface area contributed by atoms with Crippen LogP contribution in [0.15, 0.2) is 53.4 Å². The summed E-state index contributed by atoms with van der Waals surface area (Å²) in [6.07, 6.45) is 0. The van der Waals surface area contributed by atoms with E-state index in [2.05, 4.69) is 0 Å². The van der Waals surface area contributed by atoms with Crippen molar-refractivity contribution < 1.29 is 22.8 Å². The largest absolute Gasteiger partial charge is 0.346 e. The molecule has 7 nitrogen and oxygen atoms in total. The highest BCUT2D eigenvalue weighted by molar-refractivity contribution is 7.90. The Balaban J connectivity index is 1.98. The summed E-state index contributed by atoms with van der Waals surface area (Å²) in [5.74, 6) is -0.910. The average molecular weight is 413 g/mol. The van der Waals surface area contributed by atoms with Crippen LogP contribution in [-0.2, 0) is 14.8 Å². The van der Waals surface area contributed by atoms with Gasteiger partial charge in [-0.1, -0.05) is 17.7 Å². The van der Waals surface area contributed by atoms with Crippen LogP contribution >= 0.6 is 23.2 Å². The molecule has 0 radical (unpaired) electrons. The van der Waals surface area contributed by atoms with Gasteiger partial charge in [0.15, 0.2) is 0 Å². The van der Waals surface area contributed by atoms with E-state index in [1.807, 2.05) is 0 Å². The lowest BCUT2D eigenvalue weighted by Gasteiger charge is -2.17. The first-order chi connectivity index (χ1) is 12.2. The number of carbonyl (C=O) groups is 3. The van der Waals surface area contributed by atoms with Crippen LogP contribution in [0.4, 0.5) is 10.5 Å². The van der Waals surface area contributed by atoms with Gasteiger partial charge in [0.25, 0.3) is 21.2 Å². The fraction of sp³-hybridized carbons (Fsp3) is 0.0625. The van der Waals surface area contributed by atoms with E-state index in [1.54, 1.807) is 0 Å². The highest BCUT2D eigenvalue weighted by Crippen LogP contribution is 2.27. The molecule has 0 saturated carbocycles. The first-order valence-corrected chi connectivity index (χ1v) is 9.36. The molecule has 1 aliphatic rings. The standard InChI is InChI=1S/C16H10Cl2N2O5S/c17-11-4-6-13(7-5-11)26(24,25)20-14(21)9-19(16(20)23)12-3-1-2-10(8-12)15(18)22/h1-8H,9H2. The van der Waals surface area contributed by atoms with Crippen molar-refractivity contribution in [3.05, 3.63) is 59.1 Å². The van der Waals surface area contributed by atoms with Gasteiger partial charge >= 0.3 is 6.03 Å². The normalized spacial score (nSPS) is 14.8. The Hall–Kier alpha value is -2.42. The Morgan fingerprint density at radius 2 is 1.69 bits per heavy atom. The Bertz CT molecular complexity index is 1020. The van der Waals surface area contributed by atoms with E-state index in [1.165, 1.54) is 48.5 Å². The van der Waals surface area contributed by atoms with E-state index in [9.17, 15) is 22.8 Å². The van der Waals surface area contributed by atoms with E-state index < -0.39 is 33.7 Å². The molecule has 2 aromatic rings. The van der Waals surface area contributed by atoms with Crippen molar-refractivity contribution in [2.45, 2.75) is 4.90 Å². The molecule has 0 N–H and O–H groups in total. The minimum absolute atomic E-state index is 0.114. The molecular weight excluding hydrogens is 403 g/mol. The van der Waals surface area contributed by atoms with Crippen LogP contribution in [0.5, 0.6) is 0 Å². The number of benzene rings is 2. The minimum atomic E-state index is -4.38. The number of sulfonamides is 1. The minimum Gasteiger partial charge on any atom is -0.284 e. The first-order valence-electron chi connectivity index (χ1n) is 7.17. The van der Waals surface area contributed by atoms with Crippen LogP contribution < -0.4 is 4.90 Å².